The van der Waals surface area contributed by atoms with Crippen LogP contribution in [0.5, 0.6) is 0 Å². The molecule has 2 unspecified atom stereocenters. The molecule has 5 aliphatic rings. The molecule has 1 heterocycles. The molecule has 0 amide bonds. The van der Waals surface area contributed by atoms with Crippen molar-refractivity contribution in [3.05, 3.63) is 202 Å². The molecule has 7 aromatic rings. The highest BCUT2D eigenvalue weighted by molar-refractivity contribution is 6.16. The van der Waals surface area contributed by atoms with Crippen molar-refractivity contribution >= 4 is 65.4 Å². The highest BCUT2D eigenvalue weighted by Gasteiger charge is 2.43. The number of hydrogen-bond donors (Lipinski definition) is 0. The van der Waals surface area contributed by atoms with Crippen LogP contribution in [-0.4, -0.2) is 0 Å². The van der Waals surface area contributed by atoms with Gasteiger partial charge in [-0.25, -0.2) is 0 Å². The zero-order valence-electron chi connectivity index (χ0n) is 31.9. The summed E-state index contributed by atoms with van der Waals surface area (Å²) in [7, 11) is 0. The fourth-order valence-corrected chi connectivity index (χ4v) is 10.9. The quantitative estimate of drug-likeness (QED) is 0.166. The largest absolute Gasteiger partial charge is 0.456 e. The Kier molecular flexibility index (Phi) is 6.83. The first-order chi connectivity index (χ1) is 27.5. The van der Waals surface area contributed by atoms with Gasteiger partial charge >= 0.3 is 0 Å². The molecule has 0 saturated carbocycles. The van der Waals surface area contributed by atoms with Gasteiger partial charge in [0.25, 0.3) is 0 Å². The zero-order valence-corrected chi connectivity index (χ0v) is 31.9. The third-order valence-corrected chi connectivity index (χ3v) is 13.7. The summed E-state index contributed by atoms with van der Waals surface area (Å²) in [5, 5.41) is 10.3. The van der Waals surface area contributed by atoms with Crippen LogP contribution >= 0.6 is 0 Å². The minimum atomic E-state index is -0.0548. The smallest absolute Gasteiger partial charge is 0.136 e. The first-order valence-corrected chi connectivity index (χ1v) is 20.4. The summed E-state index contributed by atoms with van der Waals surface area (Å²) in [6, 6.07) is 36.4. The number of furan rings is 1. The molecule has 0 fully saturated rings. The second-order valence-corrected chi connectivity index (χ2v) is 17.1. The first-order valence-electron chi connectivity index (χ1n) is 20.4. The predicted octanol–water partition coefficient (Wildman–Crippen LogP) is 14.9. The van der Waals surface area contributed by atoms with Crippen molar-refractivity contribution in [1.29, 1.82) is 0 Å². The Hall–Kier alpha value is -6.18. The Labute approximate surface area is 327 Å². The van der Waals surface area contributed by atoms with E-state index in [2.05, 4.69) is 172 Å². The molecule has 1 nitrogen and oxygen atoms in total. The summed E-state index contributed by atoms with van der Waals surface area (Å²) in [5.74, 6) is 0.727. The maximum atomic E-state index is 6.32. The maximum Gasteiger partial charge on any atom is 0.136 e. The molecule has 56 heavy (non-hydrogen) atoms. The van der Waals surface area contributed by atoms with Crippen LogP contribution in [-0.2, 0) is 5.41 Å². The molecule has 0 spiro atoms. The lowest BCUT2D eigenvalue weighted by Crippen LogP contribution is -2.17. The van der Waals surface area contributed by atoms with Crippen molar-refractivity contribution in [2.75, 3.05) is 0 Å². The van der Waals surface area contributed by atoms with Gasteiger partial charge in [-0.05, 0) is 132 Å². The van der Waals surface area contributed by atoms with E-state index in [1.807, 2.05) is 0 Å². The van der Waals surface area contributed by atoms with Gasteiger partial charge in [0.1, 0.15) is 11.2 Å². The number of hydrogen-bond acceptors (Lipinski definition) is 1. The lowest BCUT2D eigenvalue weighted by Gasteiger charge is -2.29. The number of rotatable bonds is 3. The topological polar surface area (TPSA) is 13.1 Å². The van der Waals surface area contributed by atoms with E-state index in [0.29, 0.717) is 11.8 Å². The molecule has 1 aromatic heterocycles. The molecule has 12 rings (SSSR count). The first kappa shape index (κ1) is 32.1. The van der Waals surface area contributed by atoms with Crippen LogP contribution in [0.4, 0.5) is 0 Å². The Morgan fingerprint density at radius 1 is 0.607 bits per heavy atom. The number of allylic oxidation sites excluding steroid dienone is 16. The monoisotopic (exact) mass is 718 g/mol. The van der Waals surface area contributed by atoms with E-state index in [0.717, 1.165) is 36.8 Å². The molecule has 6 aromatic carbocycles. The van der Waals surface area contributed by atoms with Crippen molar-refractivity contribution in [2.45, 2.75) is 50.9 Å². The summed E-state index contributed by atoms with van der Waals surface area (Å²) in [4.78, 5) is 0. The predicted molar refractivity (Wildman–Crippen MR) is 237 cm³/mol. The van der Waals surface area contributed by atoms with Crippen LogP contribution in [0.1, 0.15) is 67.7 Å². The lowest BCUT2D eigenvalue weighted by molar-refractivity contribution is 0.615. The second-order valence-electron chi connectivity index (χ2n) is 17.1. The van der Waals surface area contributed by atoms with Gasteiger partial charge in [-0.2, -0.15) is 0 Å². The molecule has 268 valence electrons. The number of para-hydroxylation sites is 1. The molecule has 0 saturated heterocycles. The third-order valence-electron chi connectivity index (χ3n) is 13.7. The van der Waals surface area contributed by atoms with Gasteiger partial charge in [0.15, 0.2) is 0 Å². The van der Waals surface area contributed by atoms with Gasteiger partial charge in [-0.1, -0.05) is 153 Å². The van der Waals surface area contributed by atoms with Crippen LogP contribution < -0.4 is 0 Å². The van der Waals surface area contributed by atoms with Crippen LogP contribution in [0.2, 0.25) is 0 Å². The molecule has 0 bridgehead atoms. The van der Waals surface area contributed by atoms with E-state index in [4.69, 9.17) is 4.42 Å². The highest BCUT2D eigenvalue weighted by Crippen LogP contribution is 2.57. The third kappa shape index (κ3) is 4.67. The molecule has 2 atom stereocenters. The highest BCUT2D eigenvalue weighted by atomic mass is 16.3. The van der Waals surface area contributed by atoms with Crippen molar-refractivity contribution in [3.8, 4) is 0 Å². The minimum Gasteiger partial charge on any atom is -0.456 e. The van der Waals surface area contributed by atoms with Crippen LogP contribution in [0.3, 0.4) is 0 Å². The lowest BCUT2D eigenvalue weighted by atomic mass is 9.74. The Bertz CT molecular complexity index is 3100. The van der Waals surface area contributed by atoms with Crippen molar-refractivity contribution in [3.63, 3.8) is 0 Å². The van der Waals surface area contributed by atoms with Crippen molar-refractivity contribution in [1.82, 2.24) is 0 Å². The molecule has 0 aliphatic heterocycles. The molecule has 0 radical (unpaired) electrons. The minimum absolute atomic E-state index is 0.0548. The fraction of sp³-hybridized carbons (Fsp3) is 0.164. The molecular formula is C55H42O. The molecule has 0 N–H and O–H groups in total. The van der Waals surface area contributed by atoms with Crippen LogP contribution in [0, 0.1) is 5.92 Å². The average molecular weight is 719 g/mol. The van der Waals surface area contributed by atoms with Gasteiger partial charge in [-0.15, -0.1) is 0 Å². The normalized spacial score (nSPS) is 21.0. The number of fused-ring (bicyclic) bond motifs is 10. The SMILES string of the molecule is CC1(C)C2=CC=C(c3c4ccccc4c(C4=CC=C5C=C(C6=CC=CCC6)C=CC5C4)c4ccccc34)CC2c2cc3cc4c(cc3cc21)oc1ccccc14. The zero-order chi connectivity index (χ0) is 37.1. The van der Waals surface area contributed by atoms with Gasteiger partial charge in [0.2, 0.25) is 0 Å². The standard InChI is InChI=1S/C55H42O/c1-55(2)49-25-24-38(28-46(49)47-29-39-30-48-41-14-10-11-19-51(41)56-52(48)32-40(39)31-50(47)55)54-44-17-8-6-15-42(44)53(43-16-7-9-18-45(43)54)37-23-22-35-26-34(20-21-36(35)27-37)33-12-4-3-5-13-33/h3-4,6-12,14-26,29-32,36,46H,5,13,27-28H2,1-2H3. The summed E-state index contributed by atoms with van der Waals surface area (Å²) < 4.78 is 6.32. The van der Waals surface area contributed by atoms with Gasteiger partial charge < -0.3 is 4.42 Å². The fourth-order valence-electron chi connectivity index (χ4n) is 10.9. The van der Waals surface area contributed by atoms with E-state index in [1.54, 1.807) is 0 Å². The summed E-state index contributed by atoms with van der Waals surface area (Å²) in [6.07, 6.45) is 28.0. The average Bonchev–Trinajstić information content (AvgIpc) is 3.71. The maximum absolute atomic E-state index is 6.32. The Morgan fingerprint density at radius 3 is 2.02 bits per heavy atom. The van der Waals surface area contributed by atoms with E-state index in [9.17, 15) is 0 Å². The van der Waals surface area contributed by atoms with E-state index < -0.39 is 0 Å². The van der Waals surface area contributed by atoms with Crippen molar-refractivity contribution < 1.29 is 4.42 Å². The Balaban J connectivity index is 0.979. The van der Waals surface area contributed by atoms with Crippen molar-refractivity contribution in [2.24, 2.45) is 5.92 Å². The molecular weight excluding hydrogens is 677 g/mol. The molecule has 5 aliphatic carbocycles. The van der Waals surface area contributed by atoms with Crippen LogP contribution in [0.25, 0.3) is 65.4 Å². The summed E-state index contributed by atoms with van der Waals surface area (Å²) >= 11 is 0. The van der Waals surface area contributed by atoms with Gasteiger partial charge in [-0.3, -0.25) is 0 Å². The van der Waals surface area contributed by atoms with Crippen LogP contribution in [0.15, 0.2) is 185 Å². The van der Waals surface area contributed by atoms with E-state index in [1.165, 1.54) is 98.8 Å². The van der Waals surface area contributed by atoms with E-state index in [-0.39, 0.29) is 5.41 Å². The summed E-state index contributed by atoms with van der Waals surface area (Å²) in [5.41, 5.74) is 16.2. The van der Waals surface area contributed by atoms with Gasteiger partial charge in [0, 0.05) is 28.0 Å². The number of benzene rings is 6. The molecule has 1 heteroatoms. The summed E-state index contributed by atoms with van der Waals surface area (Å²) in [6.45, 7) is 4.84. The van der Waals surface area contributed by atoms with E-state index >= 15 is 0 Å². The Morgan fingerprint density at radius 2 is 1.29 bits per heavy atom. The van der Waals surface area contributed by atoms with Gasteiger partial charge in [0.05, 0.1) is 0 Å². The second kappa shape index (κ2) is 11.9.